The van der Waals surface area contributed by atoms with Crippen LogP contribution in [0.4, 0.5) is 0 Å². The van der Waals surface area contributed by atoms with E-state index >= 15 is 0 Å². The van der Waals surface area contributed by atoms with Crippen LogP contribution in [0.25, 0.3) is 0 Å². The molecule has 2 saturated carbocycles. The van der Waals surface area contributed by atoms with Crippen molar-refractivity contribution in [1.82, 2.24) is 9.62 Å². The number of rotatable bonds is 47. The van der Waals surface area contributed by atoms with E-state index in [0.29, 0.717) is 38.1 Å². The summed E-state index contributed by atoms with van der Waals surface area (Å²) in [5.74, 6) is 0.292. The van der Waals surface area contributed by atoms with Crippen molar-refractivity contribution in [1.29, 1.82) is 0 Å². The molecule has 0 aromatic heterocycles. The van der Waals surface area contributed by atoms with Gasteiger partial charge < -0.3 is 14.4 Å². The van der Waals surface area contributed by atoms with E-state index in [1.807, 2.05) is 0 Å². The minimum Gasteiger partial charge on any atom is -0.462 e. The lowest BCUT2D eigenvalue weighted by Gasteiger charge is -2.36. The van der Waals surface area contributed by atoms with E-state index in [9.17, 15) is 22.8 Å². The van der Waals surface area contributed by atoms with E-state index in [0.717, 1.165) is 142 Å². The third-order valence-electron chi connectivity index (χ3n) is 15.9. The Morgan fingerprint density at radius 3 is 1.42 bits per heavy atom. The zero-order chi connectivity index (χ0) is 49.1. The molecule has 2 fully saturated rings. The van der Waals surface area contributed by atoms with Crippen LogP contribution in [0.2, 0.25) is 0 Å². The number of nitrogens with zero attached hydrogens (tertiary/aromatic N) is 1. The molecule has 0 aromatic rings. The molecule has 2 aliphatic rings. The van der Waals surface area contributed by atoms with Gasteiger partial charge in [-0.05, 0) is 121 Å². The Morgan fingerprint density at radius 2 is 0.985 bits per heavy atom. The van der Waals surface area contributed by atoms with E-state index < -0.39 is 15.4 Å². The molecule has 2 bridgehead atoms. The molecule has 0 amide bonds. The number of carbonyl (C=O) groups is 3. The molecule has 67 heavy (non-hydrogen) atoms. The van der Waals surface area contributed by atoms with Crippen LogP contribution < -0.4 is 4.72 Å². The molecule has 0 saturated heterocycles. The highest BCUT2D eigenvalue weighted by Gasteiger charge is 2.65. The van der Waals surface area contributed by atoms with E-state index in [2.05, 4.69) is 51.2 Å². The summed E-state index contributed by atoms with van der Waals surface area (Å²) in [6.45, 7) is 16.2. The molecule has 2 rings (SSSR count). The molecule has 1 N–H and O–H groups in total. The molecule has 0 aliphatic heterocycles. The number of sulfonamides is 1. The number of unbranched alkanes of at least 4 members (excludes halogenated alkanes) is 23. The maximum absolute atomic E-state index is 13.4. The Balaban J connectivity index is 1.76. The van der Waals surface area contributed by atoms with Gasteiger partial charge in [-0.25, -0.2) is 13.1 Å². The SMILES string of the molecule is CCCCCCCCC(CC)OC(=O)CCCCCCCN(CCCCCCCC(=O)OC(CCCCCCCC)CCCCCCCC)CCCNS(=O)(=O)C[C@@]12CC[C@@H](CC1=O)C2(C)C. The van der Waals surface area contributed by atoms with Crippen LogP contribution >= 0.6 is 0 Å². The van der Waals surface area contributed by atoms with Crippen molar-refractivity contribution in [2.45, 2.75) is 298 Å². The van der Waals surface area contributed by atoms with Gasteiger partial charge in [-0.2, -0.15) is 0 Å². The molecule has 394 valence electrons. The number of fused-ring (bicyclic) bond motifs is 2. The first-order chi connectivity index (χ1) is 32.3. The summed E-state index contributed by atoms with van der Waals surface area (Å²) in [6.07, 6.45) is 40.9. The highest BCUT2D eigenvalue weighted by atomic mass is 32.2. The first-order valence-electron chi connectivity index (χ1n) is 29.0. The van der Waals surface area contributed by atoms with Gasteiger partial charge >= 0.3 is 11.9 Å². The van der Waals surface area contributed by atoms with E-state index in [4.69, 9.17) is 9.47 Å². The molecular formula is C57H108N2O7S. The zero-order valence-corrected chi connectivity index (χ0v) is 45.7. The second kappa shape index (κ2) is 37.3. The largest absolute Gasteiger partial charge is 0.462 e. The monoisotopic (exact) mass is 965 g/mol. The van der Waals surface area contributed by atoms with Crippen LogP contribution in [0.3, 0.4) is 0 Å². The number of hydrogen-bond donors (Lipinski definition) is 1. The normalized spacial score (nSPS) is 18.4. The van der Waals surface area contributed by atoms with Gasteiger partial charge in [0.05, 0.1) is 5.75 Å². The maximum Gasteiger partial charge on any atom is 0.306 e. The van der Waals surface area contributed by atoms with Gasteiger partial charge in [0.25, 0.3) is 0 Å². The second-order valence-electron chi connectivity index (χ2n) is 21.9. The summed E-state index contributed by atoms with van der Waals surface area (Å²) in [7, 11) is -3.58. The van der Waals surface area contributed by atoms with E-state index in [1.54, 1.807) is 0 Å². The highest BCUT2D eigenvalue weighted by molar-refractivity contribution is 7.89. The fraction of sp³-hybridized carbons (Fsp3) is 0.947. The predicted molar refractivity (Wildman–Crippen MR) is 281 cm³/mol. The molecule has 9 nitrogen and oxygen atoms in total. The average molecular weight is 966 g/mol. The van der Waals surface area contributed by atoms with Gasteiger partial charge in [0, 0.05) is 31.2 Å². The Kier molecular flexibility index (Phi) is 34.3. The van der Waals surface area contributed by atoms with Crippen LogP contribution in [0.5, 0.6) is 0 Å². The summed E-state index contributed by atoms with van der Waals surface area (Å²) in [4.78, 5) is 41.1. The smallest absolute Gasteiger partial charge is 0.306 e. The molecule has 0 spiro atoms. The van der Waals surface area contributed by atoms with Crippen LogP contribution in [0.15, 0.2) is 0 Å². The average Bonchev–Trinajstić information content (AvgIpc) is 3.64. The van der Waals surface area contributed by atoms with E-state index in [1.165, 1.54) is 96.3 Å². The van der Waals surface area contributed by atoms with Crippen molar-refractivity contribution < 1.29 is 32.3 Å². The number of esters is 2. The summed E-state index contributed by atoms with van der Waals surface area (Å²) in [5.41, 5.74) is -1.01. The van der Waals surface area contributed by atoms with Gasteiger partial charge in [-0.15, -0.1) is 0 Å². The van der Waals surface area contributed by atoms with Gasteiger partial charge in [-0.1, -0.05) is 176 Å². The van der Waals surface area contributed by atoms with Gasteiger partial charge in [-0.3, -0.25) is 14.4 Å². The van der Waals surface area contributed by atoms with Crippen molar-refractivity contribution in [3.05, 3.63) is 0 Å². The number of ether oxygens (including phenoxy) is 2. The molecule has 10 heteroatoms. The number of Topliss-reactive ketones (excluding diaryl/α,β-unsaturated/α-hetero) is 1. The van der Waals surface area contributed by atoms with Crippen LogP contribution in [-0.4, -0.2) is 75.2 Å². The molecule has 1 unspecified atom stereocenters. The second-order valence-corrected chi connectivity index (χ2v) is 23.7. The third-order valence-corrected chi connectivity index (χ3v) is 17.5. The van der Waals surface area contributed by atoms with Crippen LogP contribution in [0, 0.1) is 16.7 Å². The Morgan fingerprint density at radius 1 is 0.582 bits per heavy atom. The molecular weight excluding hydrogens is 857 g/mol. The van der Waals surface area contributed by atoms with Crippen LogP contribution in [0.1, 0.15) is 286 Å². The van der Waals surface area contributed by atoms with Crippen molar-refractivity contribution in [2.75, 3.05) is 31.9 Å². The quantitative estimate of drug-likeness (QED) is 0.0473. The standard InChI is InChI=1S/C57H108N2O7S/c1-7-11-14-17-22-29-37-51(10-4)65-54(61)40-32-25-20-27-34-45-59(47-36-44-58-67(63,64)49-57-43-42-50(48-53(57)60)56(57,5)6)46-35-28-21-26-33-41-55(62)66-52(38-30-23-18-15-12-8-2)39-31-24-19-16-13-9-3/h50-52,58H,7-49H2,1-6H3/t50-,51?,57-/m0/s1. The van der Waals surface area contributed by atoms with Crippen molar-refractivity contribution in [3.63, 3.8) is 0 Å². The Labute approximate surface area is 414 Å². The summed E-state index contributed by atoms with van der Waals surface area (Å²) in [5, 5.41) is 0. The summed E-state index contributed by atoms with van der Waals surface area (Å²) < 4.78 is 41.5. The Hall–Kier alpha value is -1.52. The minimum absolute atomic E-state index is 0.0155. The first kappa shape index (κ1) is 61.6. The maximum atomic E-state index is 13.4. The van der Waals surface area contributed by atoms with Crippen molar-refractivity contribution in [3.8, 4) is 0 Å². The molecule has 0 aromatic carbocycles. The van der Waals surface area contributed by atoms with Gasteiger partial charge in [0.1, 0.15) is 18.0 Å². The lowest BCUT2D eigenvalue weighted by Crippen LogP contribution is -2.45. The molecule has 0 heterocycles. The Bertz CT molecular complexity index is 1370. The van der Waals surface area contributed by atoms with Gasteiger partial charge in [0.15, 0.2) is 0 Å². The molecule has 3 atom stereocenters. The van der Waals surface area contributed by atoms with Crippen molar-refractivity contribution >= 4 is 27.7 Å². The zero-order valence-electron chi connectivity index (χ0n) is 44.9. The third kappa shape index (κ3) is 26.5. The van der Waals surface area contributed by atoms with E-state index in [-0.39, 0.29) is 41.1 Å². The highest BCUT2D eigenvalue weighted by Crippen LogP contribution is 2.64. The lowest BCUT2D eigenvalue weighted by molar-refractivity contribution is -0.150. The fourth-order valence-corrected chi connectivity index (χ4v) is 13.1. The number of nitrogens with one attached hydrogen (secondary N) is 1. The lowest BCUT2D eigenvalue weighted by atomic mass is 9.70. The molecule has 0 radical (unpaired) electrons. The number of ketones is 1. The number of hydrogen-bond acceptors (Lipinski definition) is 8. The minimum atomic E-state index is -3.58. The summed E-state index contributed by atoms with van der Waals surface area (Å²) in [6, 6.07) is 0. The summed E-state index contributed by atoms with van der Waals surface area (Å²) >= 11 is 0. The topological polar surface area (TPSA) is 119 Å². The first-order valence-corrected chi connectivity index (χ1v) is 30.6. The van der Waals surface area contributed by atoms with Gasteiger partial charge in [0.2, 0.25) is 10.0 Å². The predicted octanol–water partition coefficient (Wildman–Crippen LogP) is 15.2. The fourth-order valence-electron chi connectivity index (χ4n) is 11.2. The van der Waals surface area contributed by atoms with Crippen molar-refractivity contribution in [2.24, 2.45) is 16.7 Å². The van der Waals surface area contributed by atoms with Crippen LogP contribution in [-0.2, 0) is 33.9 Å². The molecule has 2 aliphatic carbocycles. The number of carbonyl (C=O) groups excluding carboxylic acids is 3.